The summed E-state index contributed by atoms with van der Waals surface area (Å²) in [5, 5.41) is 14.3. The van der Waals surface area contributed by atoms with Crippen molar-refractivity contribution in [3.05, 3.63) is 90.1 Å². The maximum Gasteiger partial charge on any atom is 0.319 e. The third-order valence-electron chi connectivity index (χ3n) is 12.1. The van der Waals surface area contributed by atoms with Crippen LogP contribution in [0.15, 0.2) is 67.4 Å². The number of benzene rings is 3. The van der Waals surface area contributed by atoms with E-state index in [0.717, 1.165) is 37.8 Å². The van der Waals surface area contributed by atoms with Gasteiger partial charge in [-0.2, -0.15) is 9.97 Å². The number of amides is 2. The molecule has 5 aromatic rings. The number of phenols is 1. The van der Waals surface area contributed by atoms with Crippen LogP contribution in [0.25, 0.3) is 32.9 Å². The Morgan fingerprint density at radius 2 is 1.91 bits per heavy atom. The van der Waals surface area contributed by atoms with E-state index in [4.69, 9.17) is 16.1 Å². The van der Waals surface area contributed by atoms with Crippen molar-refractivity contribution in [1.29, 1.82) is 0 Å². The van der Waals surface area contributed by atoms with Gasteiger partial charge >= 0.3 is 6.01 Å². The Kier molecular flexibility index (Phi) is 9.43. The van der Waals surface area contributed by atoms with Gasteiger partial charge in [0.1, 0.15) is 41.4 Å². The molecule has 14 heteroatoms. The van der Waals surface area contributed by atoms with Crippen LogP contribution in [0.3, 0.4) is 0 Å². The van der Waals surface area contributed by atoms with E-state index in [2.05, 4.69) is 32.7 Å². The Hall–Kier alpha value is -6.20. The first-order valence-corrected chi connectivity index (χ1v) is 19.4. The zero-order valence-electron chi connectivity index (χ0n) is 31.6. The molecule has 2 N–H and O–H groups in total. The number of hydrogen-bond donors (Lipinski definition) is 2. The van der Waals surface area contributed by atoms with E-state index in [1.165, 1.54) is 36.5 Å². The zero-order valence-corrected chi connectivity index (χ0v) is 31.6. The van der Waals surface area contributed by atoms with Crippen LogP contribution in [0, 0.1) is 24.0 Å². The van der Waals surface area contributed by atoms with Gasteiger partial charge in [0.2, 0.25) is 11.8 Å². The van der Waals surface area contributed by atoms with Gasteiger partial charge in [-0.25, -0.2) is 13.2 Å². The van der Waals surface area contributed by atoms with E-state index in [9.17, 15) is 19.1 Å². The smallest absolute Gasteiger partial charge is 0.319 e. The predicted molar refractivity (Wildman–Crippen MR) is 213 cm³/mol. The number of aromatic hydroxyl groups is 1. The number of piperazine rings is 1. The fourth-order valence-corrected chi connectivity index (χ4v) is 9.62. The molecule has 2 aromatic heterocycles. The summed E-state index contributed by atoms with van der Waals surface area (Å²) in [7, 11) is 0. The molecule has 4 atom stereocenters. The minimum atomic E-state index is -0.977. The van der Waals surface area contributed by atoms with Crippen molar-refractivity contribution in [2.24, 2.45) is 0 Å². The van der Waals surface area contributed by atoms with Crippen molar-refractivity contribution in [2.75, 3.05) is 43.0 Å². The Bertz CT molecular complexity index is 2550. The number of phenolic OH excluding ortho intramolecular Hbond substituents is 1. The highest BCUT2D eigenvalue weighted by Gasteiger charge is 2.49. The lowest BCUT2D eigenvalue weighted by molar-refractivity contribution is -0.133. The molecule has 6 heterocycles. The largest absolute Gasteiger partial charge is 0.508 e. The number of alkyl halides is 1. The minimum Gasteiger partial charge on any atom is -0.508 e. The number of halogens is 3. The van der Waals surface area contributed by atoms with Crippen molar-refractivity contribution in [1.82, 2.24) is 24.8 Å². The minimum absolute atomic E-state index is 0.0440. The van der Waals surface area contributed by atoms with Gasteiger partial charge in [-0.05, 0) is 79.6 Å². The topological polar surface area (TPSA) is 124 Å². The molecule has 4 fully saturated rings. The molecule has 2 unspecified atom stereocenters. The van der Waals surface area contributed by atoms with Crippen molar-refractivity contribution in [3.63, 3.8) is 0 Å². The fraction of sp³-hybridized carbons (Fsp3) is 0.341. The molecular formula is C44H40F3N7O4. The number of fused-ring (bicyclic) bond motifs is 5. The summed E-state index contributed by atoms with van der Waals surface area (Å²) < 4.78 is 53.1. The molecule has 58 heavy (non-hydrogen) atoms. The van der Waals surface area contributed by atoms with E-state index in [1.54, 1.807) is 18.2 Å². The Labute approximate surface area is 332 Å². The molecule has 2 amide bonds. The lowest BCUT2D eigenvalue weighted by atomic mass is 9.95. The summed E-state index contributed by atoms with van der Waals surface area (Å²) in [6, 6.07) is 12.1. The van der Waals surface area contributed by atoms with E-state index in [1.807, 2.05) is 15.9 Å². The number of carbonyl (C=O) groups excluding carboxylic acids is 2. The van der Waals surface area contributed by atoms with E-state index in [-0.39, 0.29) is 76.4 Å². The number of nitrogens with zero attached hydrogens (tertiary/aromatic N) is 6. The molecular weight excluding hydrogens is 748 g/mol. The van der Waals surface area contributed by atoms with E-state index < -0.39 is 23.3 Å². The summed E-state index contributed by atoms with van der Waals surface area (Å²) in [6.45, 7) is 5.50. The highest BCUT2D eigenvalue weighted by atomic mass is 19.1. The summed E-state index contributed by atoms with van der Waals surface area (Å²) in [5.41, 5.74) is 0.490. The lowest BCUT2D eigenvalue weighted by Gasteiger charge is -2.42. The maximum atomic E-state index is 17.2. The van der Waals surface area contributed by atoms with Gasteiger partial charge in [0, 0.05) is 61.0 Å². The Morgan fingerprint density at radius 1 is 1.10 bits per heavy atom. The molecule has 0 radical (unpaired) electrons. The molecule has 9 rings (SSSR count). The monoisotopic (exact) mass is 787 g/mol. The number of anilines is 2. The van der Waals surface area contributed by atoms with Crippen LogP contribution in [0.2, 0.25) is 0 Å². The first-order chi connectivity index (χ1) is 28.0. The predicted octanol–water partition coefficient (Wildman–Crippen LogP) is 6.31. The number of aromatic nitrogens is 3. The van der Waals surface area contributed by atoms with Gasteiger partial charge in [-0.1, -0.05) is 30.7 Å². The van der Waals surface area contributed by atoms with Crippen LogP contribution in [-0.4, -0.2) is 98.3 Å². The highest BCUT2D eigenvalue weighted by molar-refractivity contribution is 6.03. The van der Waals surface area contributed by atoms with Crippen LogP contribution in [0.4, 0.5) is 24.7 Å². The third kappa shape index (κ3) is 6.53. The van der Waals surface area contributed by atoms with Crippen LogP contribution in [0.5, 0.6) is 11.8 Å². The average Bonchev–Trinajstić information content (AvgIpc) is 3.83. The SMILES string of the molecule is C#Cc1c(F)ccc2cc(O)cc(-c3ncc4c(N5CC6CCC(C5)N6C(=O)Cc5cccc(NC(=O)C=C)c5)nc(OC[C@@]56CCCN5C[C@H](F)C6)nc4c3F)c12. The number of hydrogen-bond acceptors (Lipinski definition) is 9. The van der Waals surface area contributed by atoms with Gasteiger partial charge in [0.05, 0.1) is 22.9 Å². The molecule has 2 bridgehead atoms. The third-order valence-corrected chi connectivity index (χ3v) is 12.1. The second-order valence-corrected chi connectivity index (χ2v) is 15.7. The molecule has 11 nitrogen and oxygen atoms in total. The molecule has 3 aromatic carbocycles. The first kappa shape index (κ1) is 37.4. The second-order valence-electron chi connectivity index (χ2n) is 15.7. The quantitative estimate of drug-likeness (QED) is 0.131. The fourth-order valence-electron chi connectivity index (χ4n) is 9.62. The molecule has 4 aliphatic heterocycles. The number of terminal acetylenes is 1. The summed E-state index contributed by atoms with van der Waals surface area (Å²) in [6.07, 6.45) is 11.0. The van der Waals surface area contributed by atoms with Gasteiger partial charge in [0.25, 0.3) is 0 Å². The maximum absolute atomic E-state index is 17.2. The van der Waals surface area contributed by atoms with Gasteiger partial charge in [0.15, 0.2) is 5.82 Å². The van der Waals surface area contributed by atoms with E-state index >= 15 is 8.78 Å². The Balaban J connectivity index is 1.08. The number of carbonyl (C=O) groups is 2. The van der Waals surface area contributed by atoms with E-state index in [0.29, 0.717) is 48.3 Å². The van der Waals surface area contributed by atoms with Crippen molar-refractivity contribution < 1.29 is 32.6 Å². The zero-order chi connectivity index (χ0) is 40.3. The number of rotatable bonds is 9. The molecule has 0 saturated carbocycles. The average molecular weight is 788 g/mol. The molecule has 4 saturated heterocycles. The second kappa shape index (κ2) is 14.6. The van der Waals surface area contributed by atoms with Crippen LogP contribution in [0.1, 0.15) is 43.2 Å². The van der Waals surface area contributed by atoms with Gasteiger partial charge in [-0.15, -0.1) is 6.42 Å². The standard InChI is InChI=1S/C44H40F3N7O4/c1-3-32-35(46)12-9-26-17-31(55)18-33(38(26)32)40-39(47)41-34(20-48-40)42(51-43(50-41)58-24-44-13-6-14-53(44)21-27(45)19-44)52-22-29-10-11-30(23-52)54(29)37(57)16-25-7-5-8-28(15-25)49-36(56)4-2/h1,4-5,7-9,12,15,17-18,20,27,29-30,55H,2,6,10-11,13-14,16,19,21-24H2,(H,49,56)/t27-,29?,30?,44+/m1/s1. The molecule has 4 aliphatic rings. The van der Waals surface area contributed by atoms with Crippen molar-refractivity contribution >= 4 is 45.0 Å². The summed E-state index contributed by atoms with van der Waals surface area (Å²) >= 11 is 0. The number of pyridine rings is 1. The van der Waals surface area contributed by atoms with Crippen molar-refractivity contribution in [3.8, 4) is 35.4 Å². The molecule has 296 valence electrons. The van der Waals surface area contributed by atoms with Crippen LogP contribution < -0.4 is 15.0 Å². The Morgan fingerprint density at radius 3 is 2.69 bits per heavy atom. The summed E-state index contributed by atoms with van der Waals surface area (Å²) in [5.74, 6) is 0.634. The normalized spacial score (nSPS) is 22.6. The molecule has 0 aliphatic carbocycles. The van der Waals surface area contributed by atoms with Gasteiger partial charge < -0.3 is 25.0 Å². The summed E-state index contributed by atoms with van der Waals surface area (Å²) in [4.78, 5) is 45.7. The number of ether oxygens (including phenoxy) is 1. The van der Waals surface area contributed by atoms with Crippen LogP contribution >= 0.6 is 0 Å². The highest BCUT2D eigenvalue weighted by Crippen LogP contribution is 2.43. The van der Waals surface area contributed by atoms with Crippen LogP contribution in [-0.2, 0) is 16.0 Å². The first-order valence-electron chi connectivity index (χ1n) is 19.4. The number of nitrogens with one attached hydrogen (secondary N) is 1. The van der Waals surface area contributed by atoms with Crippen molar-refractivity contribution in [2.45, 2.75) is 62.3 Å². The lowest BCUT2D eigenvalue weighted by Crippen LogP contribution is -2.56. The molecule has 0 spiro atoms. The van der Waals surface area contributed by atoms with Gasteiger partial charge in [-0.3, -0.25) is 19.5 Å².